The molecule has 0 saturated carbocycles. The van der Waals surface area contributed by atoms with Crippen LogP contribution in [0.5, 0.6) is 0 Å². The smallest absolute Gasteiger partial charge is 0.146 e. The Morgan fingerprint density at radius 1 is 1.35 bits per heavy atom. The van der Waals surface area contributed by atoms with Crippen LogP contribution in [0, 0.1) is 5.82 Å². The predicted molar refractivity (Wildman–Crippen MR) is 73.4 cm³/mol. The Kier molecular flexibility index (Phi) is 6.52. The van der Waals surface area contributed by atoms with Gasteiger partial charge >= 0.3 is 0 Å². The number of rotatable bonds is 7. The van der Waals surface area contributed by atoms with Crippen molar-refractivity contribution in [3.63, 3.8) is 0 Å². The number of benzene rings is 1. The van der Waals surface area contributed by atoms with Gasteiger partial charge in [0.2, 0.25) is 0 Å². The number of nitrogens with zero attached hydrogens (tertiary/aromatic N) is 1. The third-order valence-corrected chi connectivity index (χ3v) is 3.23. The molecule has 0 aliphatic heterocycles. The highest BCUT2D eigenvalue weighted by molar-refractivity contribution is 9.08. The molecule has 0 radical (unpaired) electrons. The summed E-state index contributed by atoms with van der Waals surface area (Å²) < 4.78 is 19.2. The lowest BCUT2D eigenvalue weighted by Crippen LogP contribution is -2.29. The van der Waals surface area contributed by atoms with Gasteiger partial charge in [-0.05, 0) is 25.5 Å². The van der Waals surface area contributed by atoms with Crippen LogP contribution in [0.15, 0.2) is 18.2 Å². The molecule has 1 aromatic carbocycles. The molecule has 0 fully saturated rings. The zero-order chi connectivity index (χ0) is 12.7. The van der Waals surface area contributed by atoms with Crippen molar-refractivity contribution in [3.8, 4) is 0 Å². The van der Waals surface area contributed by atoms with Crippen molar-refractivity contribution in [3.05, 3.63) is 29.6 Å². The van der Waals surface area contributed by atoms with Gasteiger partial charge in [-0.2, -0.15) is 0 Å². The van der Waals surface area contributed by atoms with Crippen molar-refractivity contribution < 1.29 is 9.13 Å². The Bertz CT molecular complexity index is 346. The average molecular weight is 304 g/mol. The quantitative estimate of drug-likeness (QED) is 0.564. The number of hydrogen-bond acceptors (Lipinski definition) is 2. The first kappa shape index (κ1) is 14.5. The van der Waals surface area contributed by atoms with Gasteiger partial charge in [-0.25, -0.2) is 4.39 Å². The summed E-state index contributed by atoms with van der Waals surface area (Å²) >= 11 is 3.40. The summed E-state index contributed by atoms with van der Waals surface area (Å²) in [5.41, 5.74) is 1.66. The maximum absolute atomic E-state index is 13.9. The van der Waals surface area contributed by atoms with Crippen molar-refractivity contribution in [2.45, 2.75) is 19.2 Å². The molecule has 0 aliphatic rings. The average Bonchev–Trinajstić information content (AvgIpc) is 2.35. The van der Waals surface area contributed by atoms with Crippen LogP contribution in [0.3, 0.4) is 0 Å². The van der Waals surface area contributed by atoms with Gasteiger partial charge in [0.1, 0.15) is 5.82 Å². The molecule has 96 valence electrons. The Morgan fingerprint density at radius 2 is 2.12 bits per heavy atom. The fourth-order valence-corrected chi connectivity index (χ4v) is 2.22. The van der Waals surface area contributed by atoms with Crippen LogP contribution in [0.4, 0.5) is 10.1 Å². The van der Waals surface area contributed by atoms with Gasteiger partial charge in [-0.3, -0.25) is 0 Å². The molecule has 0 aromatic heterocycles. The molecule has 17 heavy (non-hydrogen) atoms. The monoisotopic (exact) mass is 303 g/mol. The molecule has 0 spiro atoms. The van der Waals surface area contributed by atoms with Gasteiger partial charge in [0.25, 0.3) is 0 Å². The Hall–Kier alpha value is -0.610. The summed E-state index contributed by atoms with van der Waals surface area (Å²) in [6, 6.07) is 5.19. The number of likely N-dealkylation sites (N-methyl/N-ethyl adjacent to an activating group) is 1. The van der Waals surface area contributed by atoms with Gasteiger partial charge in [0.05, 0.1) is 12.3 Å². The Morgan fingerprint density at radius 3 is 2.71 bits per heavy atom. The normalized spacial score (nSPS) is 10.6. The van der Waals surface area contributed by atoms with Gasteiger partial charge < -0.3 is 9.64 Å². The van der Waals surface area contributed by atoms with Crippen LogP contribution >= 0.6 is 15.9 Å². The van der Waals surface area contributed by atoms with Gasteiger partial charge in [-0.15, -0.1) is 0 Å². The number of para-hydroxylation sites is 1. The van der Waals surface area contributed by atoms with E-state index in [0.717, 1.165) is 12.1 Å². The summed E-state index contributed by atoms with van der Waals surface area (Å²) in [5.74, 6) is -0.166. The first-order valence-electron chi connectivity index (χ1n) is 5.90. The molecule has 0 amide bonds. The molecule has 1 rings (SSSR count). The van der Waals surface area contributed by atoms with Crippen LogP contribution in [0.2, 0.25) is 0 Å². The van der Waals surface area contributed by atoms with E-state index in [0.29, 0.717) is 30.8 Å². The van der Waals surface area contributed by atoms with Crippen LogP contribution < -0.4 is 4.90 Å². The molecule has 0 atom stereocenters. The summed E-state index contributed by atoms with van der Waals surface area (Å²) in [6.45, 7) is 6.79. The highest BCUT2D eigenvalue weighted by Crippen LogP contribution is 2.26. The maximum Gasteiger partial charge on any atom is 0.146 e. The van der Waals surface area contributed by atoms with Crippen molar-refractivity contribution in [2.24, 2.45) is 0 Å². The van der Waals surface area contributed by atoms with E-state index in [1.54, 1.807) is 6.07 Å². The number of halogens is 2. The molecular formula is C13H19BrFNO. The Labute approximate surface area is 111 Å². The van der Waals surface area contributed by atoms with E-state index in [1.807, 2.05) is 24.8 Å². The second-order valence-electron chi connectivity index (χ2n) is 3.66. The molecule has 0 saturated heterocycles. The zero-order valence-corrected chi connectivity index (χ0v) is 12.0. The summed E-state index contributed by atoms with van der Waals surface area (Å²) in [7, 11) is 0. The fourth-order valence-electron chi connectivity index (χ4n) is 1.77. The molecule has 1 aromatic rings. The van der Waals surface area contributed by atoms with Crippen molar-refractivity contribution in [1.82, 2.24) is 0 Å². The number of ether oxygens (including phenoxy) is 1. The van der Waals surface area contributed by atoms with Crippen LogP contribution in [-0.2, 0) is 10.1 Å². The summed E-state index contributed by atoms with van der Waals surface area (Å²) in [5, 5.41) is 0.658. The van der Waals surface area contributed by atoms with Crippen LogP contribution in [-0.4, -0.2) is 26.3 Å². The fraction of sp³-hybridized carbons (Fsp3) is 0.538. The van der Waals surface area contributed by atoms with E-state index in [-0.39, 0.29) is 5.82 Å². The Balaban J connectivity index is 2.86. The topological polar surface area (TPSA) is 12.5 Å². The second kappa shape index (κ2) is 7.67. The van der Waals surface area contributed by atoms with Gasteiger partial charge in [0.15, 0.2) is 0 Å². The third kappa shape index (κ3) is 3.96. The largest absolute Gasteiger partial charge is 0.380 e. The van der Waals surface area contributed by atoms with Crippen molar-refractivity contribution in [2.75, 3.05) is 31.2 Å². The highest BCUT2D eigenvalue weighted by atomic mass is 79.9. The molecule has 0 heterocycles. The van der Waals surface area contributed by atoms with E-state index in [4.69, 9.17) is 4.74 Å². The first-order valence-corrected chi connectivity index (χ1v) is 7.02. The molecule has 4 heteroatoms. The third-order valence-electron chi connectivity index (χ3n) is 2.62. The SMILES string of the molecule is CCOCCN(CC)c1c(F)cccc1CBr. The maximum atomic E-state index is 13.9. The second-order valence-corrected chi connectivity index (χ2v) is 4.22. The van der Waals surface area contributed by atoms with E-state index in [2.05, 4.69) is 15.9 Å². The van der Waals surface area contributed by atoms with Crippen molar-refractivity contribution >= 4 is 21.6 Å². The molecule has 0 aliphatic carbocycles. The lowest BCUT2D eigenvalue weighted by molar-refractivity contribution is 0.154. The minimum Gasteiger partial charge on any atom is -0.380 e. The molecule has 0 unspecified atom stereocenters. The zero-order valence-electron chi connectivity index (χ0n) is 10.4. The highest BCUT2D eigenvalue weighted by Gasteiger charge is 2.13. The number of anilines is 1. The van der Waals surface area contributed by atoms with Gasteiger partial charge in [-0.1, -0.05) is 28.1 Å². The van der Waals surface area contributed by atoms with Gasteiger partial charge in [0, 0.05) is 25.0 Å². The minimum atomic E-state index is -0.166. The number of alkyl halides is 1. The van der Waals surface area contributed by atoms with Crippen LogP contribution in [0.25, 0.3) is 0 Å². The van der Waals surface area contributed by atoms with Crippen LogP contribution in [0.1, 0.15) is 19.4 Å². The predicted octanol–water partition coefficient (Wildman–Crippen LogP) is 3.58. The summed E-state index contributed by atoms with van der Waals surface area (Å²) in [6.07, 6.45) is 0. The van der Waals surface area contributed by atoms with E-state index in [9.17, 15) is 4.39 Å². The van der Waals surface area contributed by atoms with E-state index >= 15 is 0 Å². The van der Waals surface area contributed by atoms with Crippen molar-refractivity contribution in [1.29, 1.82) is 0 Å². The van der Waals surface area contributed by atoms with E-state index in [1.165, 1.54) is 6.07 Å². The summed E-state index contributed by atoms with van der Waals surface area (Å²) in [4.78, 5) is 2.02. The van der Waals surface area contributed by atoms with E-state index < -0.39 is 0 Å². The molecule has 2 nitrogen and oxygen atoms in total. The molecule has 0 bridgehead atoms. The minimum absolute atomic E-state index is 0.166. The molecule has 0 N–H and O–H groups in total. The lowest BCUT2D eigenvalue weighted by Gasteiger charge is -2.25. The standard InChI is InChI=1S/C13H19BrFNO/c1-3-16(8-9-17-4-2)13-11(10-14)6-5-7-12(13)15/h5-7H,3-4,8-10H2,1-2H3. The molecular weight excluding hydrogens is 285 g/mol. The lowest BCUT2D eigenvalue weighted by atomic mass is 10.1. The number of hydrogen-bond donors (Lipinski definition) is 0. The first-order chi connectivity index (χ1) is 8.24.